The summed E-state index contributed by atoms with van der Waals surface area (Å²) in [5, 5.41) is 0.390. The summed E-state index contributed by atoms with van der Waals surface area (Å²) in [6, 6.07) is 7.91. The van der Waals surface area contributed by atoms with Crippen molar-refractivity contribution in [2.75, 3.05) is 18.0 Å². The van der Waals surface area contributed by atoms with Crippen molar-refractivity contribution in [3.05, 3.63) is 87.9 Å². The first-order valence-electron chi connectivity index (χ1n) is 15.3. The molecule has 1 fully saturated rings. The van der Waals surface area contributed by atoms with E-state index >= 15 is 4.39 Å². The first-order valence-corrected chi connectivity index (χ1v) is 15.3. The quantitative estimate of drug-likeness (QED) is 0.216. The van der Waals surface area contributed by atoms with E-state index in [0.717, 1.165) is 0 Å². The highest BCUT2D eigenvalue weighted by atomic mass is 19.1. The first-order chi connectivity index (χ1) is 21.8. The lowest BCUT2D eigenvalue weighted by molar-refractivity contribution is -0.127. The van der Waals surface area contributed by atoms with Gasteiger partial charge in [0.15, 0.2) is 5.65 Å². The van der Waals surface area contributed by atoms with Gasteiger partial charge in [-0.2, -0.15) is 10.4 Å². The van der Waals surface area contributed by atoms with Gasteiger partial charge in [0, 0.05) is 30.7 Å². The SMILES string of the molecule is [B]C([B])=Cc1ccccc1-c1nc2c(cc1F)c(N1[C@@H](C)CN(C(=O)C=C)C[C@@H]1C)nc(=O)n2-c1c(C(C)C)ncnc1C(C)C. The minimum Gasteiger partial charge on any atom is -0.347 e. The van der Waals surface area contributed by atoms with Crippen molar-refractivity contribution in [1.82, 2.24) is 29.4 Å². The number of pyridine rings is 1. The molecule has 46 heavy (non-hydrogen) atoms. The summed E-state index contributed by atoms with van der Waals surface area (Å²) < 4.78 is 17.8. The first kappa shape index (κ1) is 32.8. The predicted octanol–water partition coefficient (Wildman–Crippen LogP) is 4.87. The third-order valence-electron chi connectivity index (χ3n) is 8.19. The van der Waals surface area contributed by atoms with E-state index in [9.17, 15) is 9.59 Å². The fourth-order valence-corrected chi connectivity index (χ4v) is 6.24. The number of hydrogen-bond acceptors (Lipinski definition) is 7. The van der Waals surface area contributed by atoms with Gasteiger partial charge in [-0.15, -0.1) is 0 Å². The molecule has 1 saturated heterocycles. The molecule has 1 aromatic carbocycles. The molecule has 0 spiro atoms. The number of amides is 1. The minimum atomic E-state index is -0.615. The number of aromatic nitrogens is 5. The highest BCUT2D eigenvalue weighted by Crippen LogP contribution is 2.36. The third-order valence-corrected chi connectivity index (χ3v) is 8.19. The molecular formula is C34H36B2FN7O2. The Morgan fingerprint density at radius 2 is 1.63 bits per heavy atom. The molecule has 1 aliphatic heterocycles. The van der Waals surface area contributed by atoms with Crippen molar-refractivity contribution in [3.8, 4) is 16.9 Å². The van der Waals surface area contributed by atoms with Crippen LogP contribution >= 0.6 is 0 Å². The summed E-state index contributed by atoms with van der Waals surface area (Å²) in [7, 11) is 11.6. The van der Waals surface area contributed by atoms with Gasteiger partial charge in [-0.05, 0) is 43.4 Å². The van der Waals surface area contributed by atoms with Crippen LogP contribution in [-0.4, -0.2) is 76.2 Å². The highest BCUT2D eigenvalue weighted by molar-refractivity contribution is 6.50. The average molecular weight is 615 g/mol. The van der Waals surface area contributed by atoms with Crippen molar-refractivity contribution in [2.24, 2.45) is 0 Å². The Morgan fingerprint density at radius 3 is 2.20 bits per heavy atom. The highest BCUT2D eigenvalue weighted by Gasteiger charge is 2.35. The predicted molar refractivity (Wildman–Crippen MR) is 182 cm³/mol. The number of rotatable bonds is 7. The molecule has 4 radical (unpaired) electrons. The molecule has 1 aliphatic rings. The molecule has 0 saturated carbocycles. The maximum Gasteiger partial charge on any atom is 0.355 e. The maximum atomic E-state index is 16.4. The number of halogens is 1. The van der Waals surface area contributed by atoms with Crippen LogP contribution in [-0.2, 0) is 4.79 Å². The number of nitrogens with zero attached hydrogens (tertiary/aromatic N) is 7. The van der Waals surface area contributed by atoms with Crippen molar-refractivity contribution in [1.29, 1.82) is 0 Å². The monoisotopic (exact) mass is 615 g/mol. The van der Waals surface area contributed by atoms with E-state index in [0.29, 0.717) is 46.7 Å². The molecule has 0 bridgehead atoms. The van der Waals surface area contributed by atoms with Crippen LogP contribution in [0.25, 0.3) is 34.1 Å². The van der Waals surface area contributed by atoms with Crippen LogP contribution in [0.15, 0.2) is 59.5 Å². The summed E-state index contributed by atoms with van der Waals surface area (Å²) in [4.78, 5) is 49.1. The van der Waals surface area contributed by atoms with Crippen molar-refractivity contribution >= 4 is 44.5 Å². The lowest BCUT2D eigenvalue weighted by Gasteiger charge is -2.45. The van der Waals surface area contributed by atoms with Gasteiger partial charge in [-0.1, -0.05) is 64.6 Å². The molecule has 0 N–H and O–H groups in total. The summed E-state index contributed by atoms with van der Waals surface area (Å²) in [6.45, 7) is 16.2. The molecule has 0 unspecified atom stereocenters. The second-order valence-corrected chi connectivity index (χ2v) is 12.3. The van der Waals surface area contributed by atoms with Crippen LogP contribution in [0.4, 0.5) is 10.2 Å². The Labute approximate surface area is 271 Å². The number of anilines is 1. The van der Waals surface area contributed by atoms with E-state index in [4.69, 9.17) is 20.7 Å². The van der Waals surface area contributed by atoms with E-state index in [1.54, 1.807) is 29.2 Å². The van der Waals surface area contributed by atoms with Gasteiger partial charge in [-0.3, -0.25) is 4.79 Å². The maximum absolute atomic E-state index is 16.4. The lowest BCUT2D eigenvalue weighted by atomic mass is 9.77. The van der Waals surface area contributed by atoms with Crippen LogP contribution < -0.4 is 10.6 Å². The van der Waals surface area contributed by atoms with E-state index in [1.165, 1.54) is 29.1 Å². The second-order valence-electron chi connectivity index (χ2n) is 12.3. The smallest absolute Gasteiger partial charge is 0.347 e. The van der Waals surface area contributed by atoms with Crippen LogP contribution in [0.3, 0.4) is 0 Å². The van der Waals surface area contributed by atoms with Crippen LogP contribution in [0.5, 0.6) is 0 Å². The standard InChI is InChI=1S/C34H36B2FN7O2/c1-8-27(45)42-15-20(6)43(21(7)16-42)33-24-14-25(37)30(23-12-10-9-11-22(23)13-26(35)36)40-32(24)44(34(46)41-33)31-28(18(2)3)38-17-39-29(31)19(4)5/h8-14,17-21H,1,15-16H2,2-7H3/t20-,21-/m0/s1. The fourth-order valence-electron chi connectivity index (χ4n) is 6.24. The van der Waals surface area contributed by atoms with Gasteiger partial charge in [0.25, 0.3) is 0 Å². The van der Waals surface area contributed by atoms with E-state index in [2.05, 4.69) is 21.5 Å². The molecule has 4 aromatic rings. The molecule has 4 heterocycles. The molecule has 5 rings (SSSR count). The zero-order valence-electron chi connectivity index (χ0n) is 27.0. The van der Waals surface area contributed by atoms with E-state index in [-0.39, 0.29) is 52.4 Å². The van der Waals surface area contributed by atoms with Crippen molar-refractivity contribution in [3.63, 3.8) is 0 Å². The van der Waals surface area contributed by atoms with Gasteiger partial charge in [0.2, 0.25) is 5.91 Å². The Balaban J connectivity index is 1.89. The molecule has 12 heteroatoms. The number of fused-ring (bicyclic) bond motifs is 1. The second kappa shape index (κ2) is 13.0. The largest absolute Gasteiger partial charge is 0.355 e. The topological polar surface area (TPSA) is 97.1 Å². The number of carbonyl (C=O) groups excluding carboxylic acids is 1. The summed E-state index contributed by atoms with van der Waals surface area (Å²) >= 11 is 0. The molecular weight excluding hydrogens is 579 g/mol. The van der Waals surface area contributed by atoms with Crippen molar-refractivity contribution < 1.29 is 9.18 Å². The summed E-state index contributed by atoms with van der Waals surface area (Å²) in [6.07, 6.45) is 4.32. The van der Waals surface area contributed by atoms with E-state index in [1.807, 2.05) is 46.4 Å². The number of hydrogen-bond donors (Lipinski definition) is 0. The average Bonchev–Trinajstić information content (AvgIpc) is 3.00. The van der Waals surface area contributed by atoms with Crippen LogP contribution in [0, 0.1) is 5.82 Å². The van der Waals surface area contributed by atoms with Gasteiger partial charge >= 0.3 is 5.69 Å². The minimum absolute atomic E-state index is 0.0161. The normalized spacial score (nSPS) is 16.7. The molecule has 9 nitrogen and oxygen atoms in total. The number of benzene rings is 1. The van der Waals surface area contributed by atoms with Crippen molar-refractivity contribution in [2.45, 2.75) is 65.5 Å². The molecule has 3 aromatic heterocycles. The summed E-state index contributed by atoms with van der Waals surface area (Å²) in [5.74, 6) is -0.665. The van der Waals surface area contributed by atoms with Gasteiger partial charge in [0.1, 0.15) is 23.7 Å². The third kappa shape index (κ3) is 6.00. The van der Waals surface area contributed by atoms with Crippen LogP contribution in [0.1, 0.15) is 70.3 Å². The molecule has 232 valence electrons. The molecule has 1 amide bonds. The molecule has 0 aliphatic carbocycles. The number of carbonyl (C=O) groups is 1. The van der Waals surface area contributed by atoms with Crippen LogP contribution in [0.2, 0.25) is 0 Å². The number of piperazine rings is 1. The fraction of sp³-hybridized carbons (Fsp3) is 0.353. The Hall–Kier alpha value is -4.60. The lowest BCUT2D eigenvalue weighted by Crippen LogP contribution is -2.58. The van der Waals surface area contributed by atoms with Gasteiger partial charge < -0.3 is 9.80 Å². The Kier molecular flexibility index (Phi) is 9.28. The zero-order chi connectivity index (χ0) is 33.4. The van der Waals surface area contributed by atoms with E-state index < -0.39 is 11.5 Å². The Bertz CT molecular complexity index is 1880. The van der Waals surface area contributed by atoms with Gasteiger partial charge in [-0.25, -0.2) is 28.7 Å². The van der Waals surface area contributed by atoms with Gasteiger partial charge in [0.05, 0.1) is 38.2 Å². The molecule has 2 atom stereocenters. The summed E-state index contributed by atoms with van der Waals surface area (Å²) in [5.41, 5.74) is 2.39. The zero-order valence-corrected chi connectivity index (χ0v) is 27.0. The Morgan fingerprint density at radius 1 is 1.02 bits per heavy atom.